The molecule has 0 radical (unpaired) electrons. The molecule has 1 aliphatic carbocycles. The molecule has 0 aliphatic heterocycles. The number of nitrogens with one attached hydrogen (secondary N) is 1. The molecule has 1 aliphatic rings. The number of hydrogen-bond acceptors (Lipinski definition) is 3. The predicted molar refractivity (Wildman–Crippen MR) is 54.6 cm³/mol. The van der Waals surface area contributed by atoms with Gasteiger partial charge in [0.05, 0.1) is 18.4 Å². The van der Waals surface area contributed by atoms with E-state index in [0.717, 1.165) is 19.3 Å². The van der Waals surface area contributed by atoms with E-state index in [1.54, 1.807) is 19.2 Å². The summed E-state index contributed by atoms with van der Waals surface area (Å²) >= 11 is 0. The Labute approximate surface area is 88.6 Å². The van der Waals surface area contributed by atoms with Crippen molar-refractivity contribution in [3.05, 3.63) is 24.2 Å². The summed E-state index contributed by atoms with van der Waals surface area (Å²) in [5.41, 5.74) is 0. The maximum atomic E-state index is 11.7. The summed E-state index contributed by atoms with van der Waals surface area (Å²) in [4.78, 5) is 11.7. The molecule has 0 spiro atoms. The van der Waals surface area contributed by atoms with Crippen LogP contribution in [0.3, 0.4) is 0 Å². The van der Waals surface area contributed by atoms with Crippen LogP contribution in [-0.2, 0) is 4.74 Å². The van der Waals surface area contributed by atoms with E-state index in [2.05, 4.69) is 5.32 Å². The quantitative estimate of drug-likeness (QED) is 0.822. The van der Waals surface area contributed by atoms with Crippen LogP contribution in [0.5, 0.6) is 0 Å². The Morgan fingerprint density at radius 3 is 3.13 bits per heavy atom. The van der Waals surface area contributed by atoms with Gasteiger partial charge in [-0.25, -0.2) is 0 Å². The van der Waals surface area contributed by atoms with Crippen LogP contribution < -0.4 is 5.32 Å². The lowest BCUT2D eigenvalue weighted by molar-refractivity contribution is 0.0706. The van der Waals surface area contributed by atoms with Crippen molar-refractivity contribution in [1.29, 1.82) is 0 Å². The van der Waals surface area contributed by atoms with Gasteiger partial charge in [0.15, 0.2) is 5.76 Å². The van der Waals surface area contributed by atoms with Crippen molar-refractivity contribution >= 4 is 5.91 Å². The Morgan fingerprint density at radius 2 is 2.47 bits per heavy atom. The predicted octanol–water partition coefficient (Wildman–Crippen LogP) is 1.58. The molecular weight excluding hydrogens is 194 g/mol. The van der Waals surface area contributed by atoms with Crippen molar-refractivity contribution in [3.63, 3.8) is 0 Å². The number of carbonyl (C=O) groups is 1. The summed E-state index contributed by atoms with van der Waals surface area (Å²) in [5.74, 6) is 0.200. The molecule has 2 atom stereocenters. The first-order chi connectivity index (χ1) is 7.31. The fourth-order valence-corrected chi connectivity index (χ4v) is 2.02. The molecule has 2 rings (SSSR count). The third-order valence-electron chi connectivity index (χ3n) is 2.82. The van der Waals surface area contributed by atoms with Gasteiger partial charge in [-0.3, -0.25) is 4.79 Å². The first kappa shape index (κ1) is 10.2. The van der Waals surface area contributed by atoms with E-state index in [1.165, 1.54) is 6.26 Å². The molecular formula is C11H15NO3. The first-order valence-electron chi connectivity index (χ1n) is 5.18. The molecule has 0 saturated heterocycles. The fraction of sp³-hybridized carbons (Fsp3) is 0.545. The van der Waals surface area contributed by atoms with Crippen LogP contribution in [-0.4, -0.2) is 25.2 Å². The van der Waals surface area contributed by atoms with Crippen LogP contribution in [0.25, 0.3) is 0 Å². The second kappa shape index (κ2) is 4.49. The minimum Gasteiger partial charge on any atom is -0.459 e. The zero-order valence-electron chi connectivity index (χ0n) is 8.73. The highest BCUT2D eigenvalue weighted by Crippen LogP contribution is 2.21. The van der Waals surface area contributed by atoms with Crippen molar-refractivity contribution < 1.29 is 13.9 Å². The third kappa shape index (κ3) is 2.21. The molecule has 1 amide bonds. The van der Waals surface area contributed by atoms with Gasteiger partial charge in [0, 0.05) is 7.11 Å². The Hall–Kier alpha value is -1.29. The summed E-state index contributed by atoms with van der Waals surface area (Å²) < 4.78 is 10.3. The zero-order valence-corrected chi connectivity index (χ0v) is 8.73. The van der Waals surface area contributed by atoms with Gasteiger partial charge in [-0.1, -0.05) is 0 Å². The number of rotatable bonds is 3. The molecule has 2 unspecified atom stereocenters. The maximum absolute atomic E-state index is 11.7. The lowest BCUT2D eigenvalue weighted by Crippen LogP contribution is -2.40. The number of amides is 1. The van der Waals surface area contributed by atoms with Crippen LogP contribution in [0.1, 0.15) is 29.8 Å². The molecule has 82 valence electrons. The molecule has 15 heavy (non-hydrogen) atoms. The van der Waals surface area contributed by atoms with Gasteiger partial charge >= 0.3 is 0 Å². The van der Waals surface area contributed by atoms with Crippen molar-refractivity contribution in [2.75, 3.05) is 7.11 Å². The second-order valence-corrected chi connectivity index (χ2v) is 3.76. The van der Waals surface area contributed by atoms with Crippen LogP contribution in [0, 0.1) is 0 Å². The molecule has 4 heteroatoms. The van der Waals surface area contributed by atoms with Crippen LogP contribution in [0.2, 0.25) is 0 Å². The summed E-state index contributed by atoms with van der Waals surface area (Å²) in [7, 11) is 1.68. The highest BCUT2D eigenvalue weighted by atomic mass is 16.5. The van der Waals surface area contributed by atoms with Gasteiger partial charge < -0.3 is 14.5 Å². The standard InChI is InChI=1S/C11H15NO3/c1-14-9-5-2-4-8(9)12-11(13)10-6-3-7-15-10/h3,6-9H,2,4-5H2,1H3,(H,12,13). The minimum atomic E-state index is -0.158. The van der Waals surface area contributed by atoms with Crippen molar-refractivity contribution in [3.8, 4) is 0 Å². The van der Waals surface area contributed by atoms with Gasteiger partial charge in [0.1, 0.15) is 0 Å². The normalized spacial score (nSPS) is 25.4. The molecule has 1 aromatic heterocycles. The van der Waals surface area contributed by atoms with Gasteiger partial charge in [-0.15, -0.1) is 0 Å². The topological polar surface area (TPSA) is 51.5 Å². The van der Waals surface area contributed by atoms with E-state index in [1.807, 2.05) is 0 Å². The third-order valence-corrected chi connectivity index (χ3v) is 2.82. The second-order valence-electron chi connectivity index (χ2n) is 3.76. The average molecular weight is 209 g/mol. The van der Waals surface area contributed by atoms with E-state index in [0.29, 0.717) is 5.76 Å². The summed E-state index contributed by atoms with van der Waals surface area (Å²) in [6, 6.07) is 3.48. The van der Waals surface area contributed by atoms with E-state index in [-0.39, 0.29) is 18.1 Å². The molecule has 1 N–H and O–H groups in total. The van der Waals surface area contributed by atoms with Crippen molar-refractivity contribution in [2.45, 2.75) is 31.4 Å². The smallest absolute Gasteiger partial charge is 0.287 e. The molecule has 1 aromatic rings. The van der Waals surface area contributed by atoms with E-state index < -0.39 is 0 Å². The lowest BCUT2D eigenvalue weighted by atomic mass is 10.2. The Morgan fingerprint density at radius 1 is 1.60 bits per heavy atom. The largest absolute Gasteiger partial charge is 0.459 e. The van der Waals surface area contributed by atoms with Gasteiger partial charge in [-0.2, -0.15) is 0 Å². The fourth-order valence-electron chi connectivity index (χ4n) is 2.02. The molecule has 4 nitrogen and oxygen atoms in total. The van der Waals surface area contributed by atoms with Crippen molar-refractivity contribution in [1.82, 2.24) is 5.32 Å². The zero-order chi connectivity index (χ0) is 10.7. The average Bonchev–Trinajstić information content (AvgIpc) is 2.87. The minimum absolute atomic E-state index is 0.118. The summed E-state index contributed by atoms with van der Waals surface area (Å²) in [5, 5.41) is 2.92. The monoisotopic (exact) mass is 209 g/mol. The summed E-state index contributed by atoms with van der Waals surface area (Å²) in [6.45, 7) is 0. The number of carbonyl (C=O) groups excluding carboxylic acids is 1. The SMILES string of the molecule is COC1CCCC1NC(=O)c1ccco1. The molecule has 0 aromatic carbocycles. The van der Waals surface area contributed by atoms with Gasteiger partial charge in [0.2, 0.25) is 0 Å². The number of hydrogen-bond donors (Lipinski definition) is 1. The Bertz CT molecular complexity index is 321. The number of furan rings is 1. The maximum Gasteiger partial charge on any atom is 0.287 e. The number of methoxy groups -OCH3 is 1. The highest BCUT2D eigenvalue weighted by Gasteiger charge is 2.29. The highest BCUT2D eigenvalue weighted by molar-refractivity contribution is 5.91. The van der Waals surface area contributed by atoms with Crippen LogP contribution in [0.15, 0.2) is 22.8 Å². The Balaban J connectivity index is 1.94. The van der Waals surface area contributed by atoms with Gasteiger partial charge in [0.25, 0.3) is 5.91 Å². The molecule has 1 saturated carbocycles. The molecule has 1 heterocycles. The first-order valence-corrected chi connectivity index (χ1v) is 5.18. The van der Waals surface area contributed by atoms with Crippen LogP contribution in [0.4, 0.5) is 0 Å². The van der Waals surface area contributed by atoms with E-state index in [4.69, 9.17) is 9.15 Å². The van der Waals surface area contributed by atoms with Gasteiger partial charge in [-0.05, 0) is 31.4 Å². The van der Waals surface area contributed by atoms with Crippen LogP contribution >= 0.6 is 0 Å². The lowest BCUT2D eigenvalue weighted by Gasteiger charge is -2.18. The van der Waals surface area contributed by atoms with Crippen molar-refractivity contribution in [2.24, 2.45) is 0 Å². The number of ether oxygens (including phenoxy) is 1. The Kier molecular flexibility index (Phi) is 3.06. The summed E-state index contributed by atoms with van der Waals surface area (Å²) in [6.07, 6.45) is 4.73. The molecule has 1 fully saturated rings. The molecule has 0 bridgehead atoms. The van der Waals surface area contributed by atoms with E-state index >= 15 is 0 Å². The van der Waals surface area contributed by atoms with E-state index in [9.17, 15) is 4.79 Å².